The first kappa shape index (κ1) is 50.8. The zero-order chi connectivity index (χ0) is 48.1. The molecule has 374 valence electrons. The SMILES string of the molecule is CCC1CCC(Oc2ccc3nc(C=O)ccc3c2)CC1.CCC1CCC(Oc2ccc3nc(CN4CC(C5CCCC(C(=O)OC)C5)C4)ccc3c2)CC1.COC(=O)C1CCCC(C2CNC2)C1. The van der Waals surface area contributed by atoms with Crippen LogP contribution in [0.25, 0.3) is 21.8 Å². The van der Waals surface area contributed by atoms with Crippen LogP contribution in [0.15, 0.2) is 60.7 Å². The summed E-state index contributed by atoms with van der Waals surface area (Å²) in [7, 11) is 3.01. The van der Waals surface area contributed by atoms with E-state index in [1.54, 1.807) is 6.07 Å². The van der Waals surface area contributed by atoms with E-state index in [0.717, 1.165) is 147 Å². The summed E-state index contributed by atoms with van der Waals surface area (Å²) in [5, 5.41) is 5.47. The van der Waals surface area contributed by atoms with Crippen LogP contribution in [0.4, 0.5) is 0 Å². The molecule has 0 bridgehead atoms. The molecule has 6 fully saturated rings. The van der Waals surface area contributed by atoms with Crippen LogP contribution >= 0.6 is 0 Å². The molecule has 69 heavy (non-hydrogen) atoms. The number of nitrogens with zero attached hydrogens (tertiary/aromatic N) is 3. The molecular formula is C58H80N4O7. The second kappa shape index (κ2) is 25.0. The molecule has 4 aliphatic carbocycles. The Morgan fingerprint density at radius 3 is 1.59 bits per heavy atom. The topological polar surface area (TPSA) is 129 Å². The molecule has 10 rings (SSSR count). The summed E-state index contributed by atoms with van der Waals surface area (Å²) < 4.78 is 22.2. The second-order valence-electron chi connectivity index (χ2n) is 21.4. The molecule has 6 aliphatic rings. The zero-order valence-corrected chi connectivity index (χ0v) is 42.1. The third-order valence-electron chi connectivity index (χ3n) is 16.9. The van der Waals surface area contributed by atoms with Gasteiger partial charge in [0.1, 0.15) is 17.2 Å². The normalized spacial score (nSPS) is 27.5. The van der Waals surface area contributed by atoms with E-state index >= 15 is 0 Å². The molecule has 4 saturated carbocycles. The molecule has 11 nitrogen and oxygen atoms in total. The Bertz CT molecular complexity index is 2280. The quantitative estimate of drug-likeness (QED) is 0.102. The van der Waals surface area contributed by atoms with Gasteiger partial charge in [-0.3, -0.25) is 24.3 Å². The number of ether oxygens (including phenoxy) is 4. The summed E-state index contributed by atoms with van der Waals surface area (Å²) in [5.41, 5.74) is 3.48. The number of aromatic nitrogens is 2. The van der Waals surface area contributed by atoms with Crippen molar-refractivity contribution in [3.8, 4) is 11.5 Å². The summed E-state index contributed by atoms with van der Waals surface area (Å²) in [4.78, 5) is 45.8. The van der Waals surface area contributed by atoms with Crippen LogP contribution in [0.1, 0.15) is 146 Å². The minimum absolute atomic E-state index is 0.00184. The van der Waals surface area contributed by atoms with Crippen molar-refractivity contribution in [3.05, 3.63) is 72.1 Å². The molecule has 4 heterocycles. The number of nitrogens with one attached hydrogen (secondary N) is 1. The highest BCUT2D eigenvalue weighted by Gasteiger charge is 2.38. The van der Waals surface area contributed by atoms with Crippen molar-refractivity contribution in [1.82, 2.24) is 20.2 Å². The smallest absolute Gasteiger partial charge is 0.308 e. The predicted octanol–water partition coefficient (Wildman–Crippen LogP) is 11.6. The first-order valence-electron chi connectivity index (χ1n) is 26.9. The molecule has 0 spiro atoms. The van der Waals surface area contributed by atoms with E-state index in [4.69, 9.17) is 23.9 Å². The van der Waals surface area contributed by atoms with Crippen LogP contribution in [0.5, 0.6) is 11.5 Å². The van der Waals surface area contributed by atoms with E-state index in [-0.39, 0.29) is 23.8 Å². The number of methoxy groups -OCH3 is 2. The summed E-state index contributed by atoms with van der Waals surface area (Å²) in [6.07, 6.45) is 22.8. The van der Waals surface area contributed by atoms with E-state index in [2.05, 4.69) is 59.4 Å². The Morgan fingerprint density at radius 2 is 1.12 bits per heavy atom. The molecule has 4 atom stereocenters. The maximum atomic E-state index is 11.9. The Kier molecular flexibility index (Phi) is 18.4. The van der Waals surface area contributed by atoms with Gasteiger partial charge in [-0.1, -0.05) is 64.5 Å². The molecule has 2 aliphatic heterocycles. The van der Waals surface area contributed by atoms with Gasteiger partial charge in [0.25, 0.3) is 0 Å². The van der Waals surface area contributed by atoms with Crippen molar-refractivity contribution in [1.29, 1.82) is 0 Å². The van der Waals surface area contributed by atoms with Gasteiger partial charge in [0.05, 0.1) is 55.0 Å². The number of rotatable bonds is 13. The van der Waals surface area contributed by atoms with Gasteiger partial charge in [-0.25, -0.2) is 4.98 Å². The lowest BCUT2D eigenvalue weighted by Crippen LogP contribution is -2.50. The van der Waals surface area contributed by atoms with Crippen molar-refractivity contribution in [2.45, 2.75) is 148 Å². The van der Waals surface area contributed by atoms with Crippen molar-refractivity contribution in [3.63, 3.8) is 0 Å². The number of aldehydes is 1. The minimum atomic E-state index is -0.0151. The maximum Gasteiger partial charge on any atom is 0.308 e. The Morgan fingerprint density at radius 1 is 0.609 bits per heavy atom. The van der Waals surface area contributed by atoms with Gasteiger partial charge in [0.2, 0.25) is 0 Å². The van der Waals surface area contributed by atoms with Gasteiger partial charge in [-0.15, -0.1) is 0 Å². The molecule has 4 unspecified atom stereocenters. The number of pyridine rings is 2. The molecule has 2 aromatic carbocycles. The van der Waals surface area contributed by atoms with Crippen LogP contribution in [-0.2, 0) is 25.6 Å². The largest absolute Gasteiger partial charge is 0.490 e. The van der Waals surface area contributed by atoms with Crippen LogP contribution in [0.3, 0.4) is 0 Å². The fourth-order valence-corrected chi connectivity index (χ4v) is 12.2. The number of likely N-dealkylation sites (tertiary alicyclic amines) is 1. The van der Waals surface area contributed by atoms with Crippen LogP contribution < -0.4 is 14.8 Å². The number of hydrogen-bond donors (Lipinski definition) is 1. The average molecular weight is 945 g/mol. The van der Waals surface area contributed by atoms with E-state index in [1.807, 2.05) is 24.3 Å². The molecular weight excluding hydrogens is 865 g/mol. The third-order valence-corrected chi connectivity index (χ3v) is 16.9. The number of hydrogen-bond acceptors (Lipinski definition) is 11. The second-order valence-corrected chi connectivity index (χ2v) is 21.4. The fourth-order valence-electron chi connectivity index (χ4n) is 12.2. The lowest BCUT2D eigenvalue weighted by atomic mass is 9.72. The van der Waals surface area contributed by atoms with Crippen LogP contribution in [-0.4, -0.2) is 85.7 Å². The summed E-state index contributed by atoms with van der Waals surface area (Å²) in [6.45, 7) is 10.0. The van der Waals surface area contributed by atoms with E-state index < -0.39 is 0 Å². The molecule has 2 saturated heterocycles. The Labute approximate surface area is 411 Å². The highest BCUT2D eigenvalue weighted by atomic mass is 16.5. The maximum absolute atomic E-state index is 11.9. The van der Waals surface area contributed by atoms with Gasteiger partial charge in [-0.05, 0) is 174 Å². The van der Waals surface area contributed by atoms with Gasteiger partial charge >= 0.3 is 11.9 Å². The summed E-state index contributed by atoms with van der Waals surface area (Å²) >= 11 is 0. The van der Waals surface area contributed by atoms with Crippen LogP contribution in [0, 0.1) is 47.3 Å². The van der Waals surface area contributed by atoms with Gasteiger partial charge in [0, 0.05) is 30.4 Å². The van der Waals surface area contributed by atoms with Crippen molar-refractivity contribution < 1.29 is 33.3 Å². The molecule has 1 N–H and O–H groups in total. The first-order valence-corrected chi connectivity index (χ1v) is 26.9. The number of fused-ring (bicyclic) bond motifs is 2. The van der Waals surface area contributed by atoms with E-state index in [1.165, 1.54) is 84.8 Å². The number of carbonyl (C=O) groups is 3. The molecule has 0 amide bonds. The predicted molar refractivity (Wildman–Crippen MR) is 272 cm³/mol. The molecule has 0 radical (unpaired) electrons. The summed E-state index contributed by atoms with van der Waals surface area (Å²) in [6, 6.07) is 20.3. The lowest BCUT2D eigenvalue weighted by Gasteiger charge is -2.45. The third kappa shape index (κ3) is 13.8. The summed E-state index contributed by atoms with van der Waals surface area (Å²) in [5.74, 6) is 6.88. The van der Waals surface area contributed by atoms with Crippen molar-refractivity contribution >= 4 is 40.0 Å². The van der Waals surface area contributed by atoms with Crippen molar-refractivity contribution in [2.75, 3.05) is 40.4 Å². The molecule has 4 aromatic rings. The van der Waals surface area contributed by atoms with Gasteiger partial charge < -0.3 is 24.3 Å². The van der Waals surface area contributed by atoms with E-state index in [0.29, 0.717) is 29.7 Å². The average Bonchev–Trinajstić information content (AvgIpc) is 3.37. The van der Waals surface area contributed by atoms with E-state index in [9.17, 15) is 14.4 Å². The first-order chi connectivity index (χ1) is 33.7. The standard InChI is InChI=1S/C29H40N2O3.C18H21NO2.C11H19NO2/c1-3-20-7-11-26(12-8-20)34-27-13-14-28-22(16-27)9-10-25(30-28)19-31-17-24(18-31)21-5-4-6-23(15-21)29(32)33-2;1-2-13-3-7-16(8-4-13)21-17-9-10-18-14(11-17)5-6-15(12-20)19-18;1-14-11(13)9-4-2-3-8(5-9)10-6-12-7-10/h9-10,13-14,16,20-21,23-24,26H,3-8,11-12,15,17-19H2,1-2H3;5-6,9-13,16H,2-4,7-8H2,1H3;8-10,12H,2-7H2,1H3. The Balaban J connectivity index is 0.000000155. The number of benzene rings is 2. The van der Waals surface area contributed by atoms with Gasteiger partial charge in [-0.2, -0.15) is 0 Å². The monoisotopic (exact) mass is 945 g/mol. The molecule has 2 aromatic heterocycles. The highest BCUT2D eigenvalue weighted by Crippen LogP contribution is 2.40. The fraction of sp³-hybridized carbons (Fsp3) is 0.638. The zero-order valence-electron chi connectivity index (χ0n) is 42.1. The van der Waals surface area contributed by atoms with Gasteiger partial charge in [0.15, 0.2) is 6.29 Å². The number of esters is 2. The highest BCUT2D eigenvalue weighted by molar-refractivity contribution is 5.84. The Hall–Kier alpha value is -4.61. The van der Waals surface area contributed by atoms with Crippen LogP contribution in [0.2, 0.25) is 0 Å². The molecule has 11 heteroatoms. The van der Waals surface area contributed by atoms with Crippen molar-refractivity contribution in [2.24, 2.45) is 47.3 Å². The lowest BCUT2D eigenvalue weighted by molar-refractivity contribution is -0.148. The minimum Gasteiger partial charge on any atom is -0.490 e. The number of carbonyl (C=O) groups excluding carboxylic acids is 3.